The number of rotatable bonds is 4. The maximum atomic E-state index is 13.6. The molecule has 0 aliphatic carbocycles. The number of carbonyl (C=O) groups excluding carboxylic acids is 3. The van der Waals surface area contributed by atoms with Crippen LogP contribution in [0.25, 0.3) is 0 Å². The Balaban J connectivity index is 1.84. The van der Waals surface area contributed by atoms with Crippen molar-refractivity contribution in [2.45, 2.75) is 78.6 Å². The number of amides is 3. The summed E-state index contributed by atoms with van der Waals surface area (Å²) >= 11 is 0. The molecule has 32 heavy (non-hydrogen) atoms. The highest BCUT2D eigenvalue weighted by molar-refractivity contribution is 5.98. The molecule has 1 spiro atoms. The highest BCUT2D eigenvalue weighted by Gasteiger charge is 2.54. The first-order valence-corrected chi connectivity index (χ1v) is 11.5. The molecule has 176 valence electrons. The van der Waals surface area contributed by atoms with Crippen molar-refractivity contribution in [2.75, 3.05) is 19.7 Å². The van der Waals surface area contributed by atoms with Crippen LogP contribution in [0.1, 0.15) is 69.8 Å². The number of hydrogen-bond acceptors (Lipinski definition) is 4. The quantitative estimate of drug-likeness (QED) is 0.776. The largest absolute Gasteiger partial charge is 0.353 e. The Morgan fingerprint density at radius 3 is 2.25 bits per heavy atom. The second-order valence-corrected chi connectivity index (χ2v) is 10.6. The van der Waals surface area contributed by atoms with E-state index in [2.05, 4.69) is 26.1 Å². The van der Waals surface area contributed by atoms with Gasteiger partial charge in [0.05, 0.1) is 6.61 Å². The lowest BCUT2D eigenvalue weighted by Gasteiger charge is -2.45. The van der Waals surface area contributed by atoms with Crippen molar-refractivity contribution in [2.24, 2.45) is 5.41 Å². The van der Waals surface area contributed by atoms with Crippen molar-refractivity contribution in [3.05, 3.63) is 35.4 Å². The lowest BCUT2D eigenvalue weighted by atomic mass is 9.90. The van der Waals surface area contributed by atoms with Crippen LogP contribution in [0.5, 0.6) is 0 Å². The lowest BCUT2D eigenvalue weighted by Crippen LogP contribution is -2.60. The smallest absolute Gasteiger partial charge is 0.256 e. The number of nitrogens with zero attached hydrogens (tertiary/aromatic N) is 2. The molecule has 7 nitrogen and oxygen atoms in total. The van der Waals surface area contributed by atoms with Crippen LogP contribution in [0.15, 0.2) is 24.3 Å². The van der Waals surface area contributed by atoms with E-state index in [4.69, 9.17) is 4.74 Å². The van der Waals surface area contributed by atoms with E-state index in [9.17, 15) is 14.4 Å². The van der Waals surface area contributed by atoms with Gasteiger partial charge in [-0.05, 0) is 38.3 Å². The predicted molar refractivity (Wildman–Crippen MR) is 123 cm³/mol. The van der Waals surface area contributed by atoms with Gasteiger partial charge < -0.3 is 15.0 Å². The Kier molecular flexibility index (Phi) is 6.98. The summed E-state index contributed by atoms with van der Waals surface area (Å²) < 4.78 is 6.21. The third-order valence-corrected chi connectivity index (χ3v) is 6.09. The van der Waals surface area contributed by atoms with Crippen molar-refractivity contribution in [1.29, 1.82) is 0 Å². The minimum atomic E-state index is -0.876. The van der Waals surface area contributed by atoms with Crippen molar-refractivity contribution in [3.63, 3.8) is 0 Å². The van der Waals surface area contributed by atoms with E-state index in [1.165, 1.54) is 0 Å². The van der Waals surface area contributed by atoms with Gasteiger partial charge in [0, 0.05) is 44.0 Å². The van der Waals surface area contributed by atoms with Crippen LogP contribution in [0, 0.1) is 12.3 Å². The molecule has 1 N–H and O–H groups in total. The van der Waals surface area contributed by atoms with Crippen LogP contribution in [-0.4, -0.2) is 65.0 Å². The summed E-state index contributed by atoms with van der Waals surface area (Å²) in [5.41, 5.74) is 0.644. The molecule has 7 heteroatoms. The SMILES string of the molecule is Cc1ccc(C(=O)N2C(C(=O)NC(C)C)COC23CCN(C(=O)CC(C)(C)C)CC3)cc1. The van der Waals surface area contributed by atoms with Gasteiger partial charge >= 0.3 is 0 Å². The summed E-state index contributed by atoms with van der Waals surface area (Å²) in [6.45, 7) is 13.1. The topological polar surface area (TPSA) is 79.0 Å². The van der Waals surface area contributed by atoms with E-state index in [1.807, 2.05) is 37.8 Å². The van der Waals surface area contributed by atoms with Gasteiger partial charge in [-0.3, -0.25) is 19.3 Å². The summed E-state index contributed by atoms with van der Waals surface area (Å²) in [5, 5.41) is 2.93. The van der Waals surface area contributed by atoms with Crippen molar-refractivity contribution < 1.29 is 19.1 Å². The molecule has 3 rings (SSSR count). The van der Waals surface area contributed by atoms with Gasteiger partial charge in [0.25, 0.3) is 5.91 Å². The first-order chi connectivity index (χ1) is 14.9. The summed E-state index contributed by atoms with van der Waals surface area (Å²) in [7, 11) is 0. The Labute approximate surface area is 191 Å². The van der Waals surface area contributed by atoms with E-state index in [-0.39, 0.29) is 35.8 Å². The van der Waals surface area contributed by atoms with Crippen molar-refractivity contribution >= 4 is 17.7 Å². The molecule has 0 aromatic heterocycles. The average molecular weight is 444 g/mol. The number of ether oxygens (including phenoxy) is 1. The molecule has 1 unspecified atom stereocenters. The van der Waals surface area contributed by atoms with Crippen LogP contribution in [0.3, 0.4) is 0 Å². The summed E-state index contributed by atoms with van der Waals surface area (Å²) in [6.07, 6.45) is 1.46. The predicted octanol–water partition coefficient (Wildman–Crippen LogP) is 3.12. The molecule has 1 aromatic rings. The molecule has 0 bridgehead atoms. The Bertz CT molecular complexity index is 849. The van der Waals surface area contributed by atoms with E-state index in [1.54, 1.807) is 17.0 Å². The standard InChI is InChI=1S/C25H37N3O4/c1-17(2)26-22(30)20-16-32-25(28(20)23(31)19-9-7-18(3)8-10-19)11-13-27(14-12-25)21(29)15-24(4,5)6/h7-10,17,20H,11-16H2,1-6H3,(H,26,30). The third kappa shape index (κ3) is 5.31. The molecule has 2 saturated heterocycles. The zero-order valence-electron chi connectivity index (χ0n) is 20.2. The summed E-state index contributed by atoms with van der Waals surface area (Å²) in [5.74, 6) is -0.291. The van der Waals surface area contributed by atoms with Crippen LogP contribution in [-0.2, 0) is 14.3 Å². The Morgan fingerprint density at radius 2 is 1.72 bits per heavy atom. The van der Waals surface area contributed by atoms with Gasteiger partial charge in [0.15, 0.2) is 0 Å². The van der Waals surface area contributed by atoms with Crippen LogP contribution < -0.4 is 5.32 Å². The van der Waals surface area contributed by atoms with Gasteiger partial charge in [-0.25, -0.2) is 0 Å². The maximum absolute atomic E-state index is 13.6. The lowest BCUT2D eigenvalue weighted by molar-refractivity contribution is -0.145. The van der Waals surface area contributed by atoms with E-state index in [0.29, 0.717) is 37.9 Å². The fourth-order valence-corrected chi connectivity index (χ4v) is 4.45. The molecule has 3 amide bonds. The number of likely N-dealkylation sites (tertiary alicyclic amines) is 1. The van der Waals surface area contributed by atoms with E-state index in [0.717, 1.165) is 5.56 Å². The first-order valence-electron chi connectivity index (χ1n) is 11.5. The van der Waals surface area contributed by atoms with Crippen LogP contribution >= 0.6 is 0 Å². The van der Waals surface area contributed by atoms with Crippen molar-refractivity contribution in [1.82, 2.24) is 15.1 Å². The molecule has 0 radical (unpaired) electrons. The van der Waals surface area contributed by atoms with Crippen LogP contribution in [0.2, 0.25) is 0 Å². The van der Waals surface area contributed by atoms with Gasteiger partial charge in [-0.15, -0.1) is 0 Å². The molecule has 2 aliphatic heterocycles. The zero-order chi connectivity index (χ0) is 23.7. The van der Waals surface area contributed by atoms with Gasteiger partial charge in [0.1, 0.15) is 11.8 Å². The monoisotopic (exact) mass is 443 g/mol. The fourth-order valence-electron chi connectivity index (χ4n) is 4.45. The number of benzene rings is 1. The van der Waals surface area contributed by atoms with Gasteiger partial charge in [0.2, 0.25) is 11.8 Å². The number of hydrogen-bond donors (Lipinski definition) is 1. The molecular formula is C25H37N3O4. The number of aryl methyl sites for hydroxylation is 1. The summed E-state index contributed by atoms with van der Waals surface area (Å²) in [6, 6.07) is 6.66. The summed E-state index contributed by atoms with van der Waals surface area (Å²) in [4.78, 5) is 42.8. The Morgan fingerprint density at radius 1 is 1.12 bits per heavy atom. The Hall–Kier alpha value is -2.41. The van der Waals surface area contributed by atoms with Gasteiger partial charge in [-0.1, -0.05) is 38.5 Å². The third-order valence-electron chi connectivity index (χ3n) is 6.09. The van der Waals surface area contributed by atoms with E-state index >= 15 is 0 Å². The second-order valence-electron chi connectivity index (χ2n) is 10.6. The van der Waals surface area contributed by atoms with Gasteiger partial charge in [-0.2, -0.15) is 0 Å². The minimum Gasteiger partial charge on any atom is -0.353 e. The second kappa shape index (κ2) is 9.22. The molecule has 0 saturated carbocycles. The number of nitrogens with one attached hydrogen (secondary N) is 1. The number of carbonyl (C=O) groups is 3. The molecule has 1 atom stereocenters. The molecular weight excluding hydrogens is 406 g/mol. The highest BCUT2D eigenvalue weighted by Crippen LogP contribution is 2.39. The average Bonchev–Trinajstić information content (AvgIpc) is 3.05. The number of piperidine rings is 1. The fraction of sp³-hybridized carbons (Fsp3) is 0.640. The first kappa shape index (κ1) is 24.2. The molecule has 2 fully saturated rings. The minimum absolute atomic E-state index is 0.0350. The molecule has 2 aliphatic rings. The molecule has 1 aromatic carbocycles. The zero-order valence-corrected chi connectivity index (χ0v) is 20.2. The van der Waals surface area contributed by atoms with E-state index < -0.39 is 11.8 Å². The maximum Gasteiger partial charge on any atom is 0.256 e. The normalized spacial score (nSPS) is 20.7. The highest BCUT2D eigenvalue weighted by atomic mass is 16.5. The van der Waals surface area contributed by atoms with Crippen molar-refractivity contribution in [3.8, 4) is 0 Å². The molecule has 2 heterocycles. The van der Waals surface area contributed by atoms with Crippen LogP contribution in [0.4, 0.5) is 0 Å².